The van der Waals surface area contributed by atoms with Gasteiger partial charge in [-0.3, -0.25) is 0 Å². The third kappa shape index (κ3) is 3.83. The maximum Gasteiger partial charge on any atom is 0.172 e. The van der Waals surface area contributed by atoms with Gasteiger partial charge in [0.15, 0.2) is 11.5 Å². The van der Waals surface area contributed by atoms with Gasteiger partial charge < -0.3 is 20.3 Å². The number of halogens is 2. The lowest BCUT2D eigenvalue weighted by molar-refractivity contribution is -0.00676. The van der Waals surface area contributed by atoms with Gasteiger partial charge in [0.25, 0.3) is 0 Å². The monoisotopic (exact) mass is 335 g/mol. The summed E-state index contributed by atoms with van der Waals surface area (Å²) in [5.41, 5.74) is 5.86. The van der Waals surface area contributed by atoms with Crippen LogP contribution in [0, 0.1) is 11.6 Å². The lowest BCUT2D eigenvalue weighted by Crippen LogP contribution is -2.48. The molecule has 2 aromatic carbocycles. The fourth-order valence-corrected chi connectivity index (χ4v) is 2.78. The van der Waals surface area contributed by atoms with E-state index in [1.807, 2.05) is 0 Å². The van der Waals surface area contributed by atoms with Crippen LogP contribution in [0.5, 0.6) is 17.2 Å². The van der Waals surface area contributed by atoms with Crippen molar-refractivity contribution in [1.29, 1.82) is 0 Å². The van der Waals surface area contributed by atoms with Gasteiger partial charge in [-0.15, -0.1) is 0 Å². The van der Waals surface area contributed by atoms with Crippen LogP contribution in [0.1, 0.15) is 19.3 Å². The summed E-state index contributed by atoms with van der Waals surface area (Å²) in [5.74, 6) is -0.341. The first kappa shape index (κ1) is 16.7. The molecule has 6 heteroatoms. The van der Waals surface area contributed by atoms with Gasteiger partial charge in [-0.05, 0) is 43.5 Å². The van der Waals surface area contributed by atoms with Crippen molar-refractivity contribution in [3.8, 4) is 17.2 Å². The third-order valence-corrected chi connectivity index (χ3v) is 4.05. The Hall–Kier alpha value is -2.18. The number of aliphatic hydroxyl groups excluding tert-OH is 1. The molecule has 1 saturated carbocycles. The highest BCUT2D eigenvalue weighted by Gasteiger charge is 2.31. The SMILES string of the molecule is N[C@@H]1CCC[C@@H](Oc2ccc(F)cc2Oc2cccc(F)c2)[C@@H]1O. The minimum absolute atomic E-state index is 0.118. The van der Waals surface area contributed by atoms with E-state index in [-0.39, 0.29) is 23.3 Å². The number of ether oxygens (including phenoxy) is 2. The van der Waals surface area contributed by atoms with Crippen LogP contribution < -0.4 is 15.2 Å². The van der Waals surface area contributed by atoms with Gasteiger partial charge in [-0.2, -0.15) is 0 Å². The predicted octanol–water partition coefficient (Wildman–Crippen LogP) is 3.38. The van der Waals surface area contributed by atoms with Crippen molar-refractivity contribution in [2.75, 3.05) is 0 Å². The Labute approximate surface area is 138 Å². The van der Waals surface area contributed by atoms with Crippen LogP contribution in [-0.2, 0) is 0 Å². The smallest absolute Gasteiger partial charge is 0.172 e. The molecule has 4 nitrogen and oxygen atoms in total. The maximum atomic E-state index is 13.6. The second-order valence-electron chi connectivity index (χ2n) is 5.89. The molecule has 0 unspecified atom stereocenters. The summed E-state index contributed by atoms with van der Waals surface area (Å²) in [7, 11) is 0. The lowest BCUT2D eigenvalue weighted by Gasteiger charge is -2.33. The average Bonchev–Trinajstić information content (AvgIpc) is 2.54. The molecule has 0 radical (unpaired) electrons. The van der Waals surface area contributed by atoms with Crippen LogP contribution >= 0.6 is 0 Å². The van der Waals surface area contributed by atoms with Crippen molar-refractivity contribution in [1.82, 2.24) is 0 Å². The predicted molar refractivity (Wildman–Crippen MR) is 85.1 cm³/mol. The molecule has 0 spiro atoms. The highest BCUT2D eigenvalue weighted by atomic mass is 19.1. The van der Waals surface area contributed by atoms with Gasteiger partial charge in [0, 0.05) is 18.2 Å². The van der Waals surface area contributed by atoms with E-state index in [1.54, 1.807) is 6.07 Å². The summed E-state index contributed by atoms with van der Waals surface area (Å²) in [4.78, 5) is 0. The van der Waals surface area contributed by atoms with E-state index in [9.17, 15) is 13.9 Å². The Bertz CT molecular complexity index is 710. The number of hydrogen-bond donors (Lipinski definition) is 2. The lowest BCUT2D eigenvalue weighted by atomic mass is 9.90. The molecular weight excluding hydrogens is 316 g/mol. The van der Waals surface area contributed by atoms with E-state index in [2.05, 4.69) is 0 Å². The van der Waals surface area contributed by atoms with Gasteiger partial charge in [0.2, 0.25) is 0 Å². The van der Waals surface area contributed by atoms with Crippen molar-refractivity contribution >= 4 is 0 Å². The molecule has 3 rings (SSSR count). The fraction of sp³-hybridized carbons (Fsp3) is 0.333. The molecule has 128 valence electrons. The van der Waals surface area contributed by atoms with Crippen molar-refractivity contribution in [2.45, 2.75) is 37.5 Å². The normalized spacial score (nSPS) is 23.8. The largest absolute Gasteiger partial charge is 0.484 e. The van der Waals surface area contributed by atoms with E-state index in [4.69, 9.17) is 15.2 Å². The van der Waals surface area contributed by atoms with Crippen molar-refractivity contribution in [2.24, 2.45) is 5.73 Å². The van der Waals surface area contributed by atoms with E-state index in [0.29, 0.717) is 6.42 Å². The maximum absolute atomic E-state index is 13.6. The Balaban J connectivity index is 1.83. The Morgan fingerprint density at radius 3 is 2.58 bits per heavy atom. The highest BCUT2D eigenvalue weighted by Crippen LogP contribution is 2.35. The molecule has 24 heavy (non-hydrogen) atoms. The quantitative estimate of drug-likeness (QED) is 0.899. The zero-order chi connectivity index (χ0) is 17.1. The van der Waals surface area contributed by atoms with E-state index < -0.39 is 23.8 Å². The molecule has 1 aliphatic carbocycles. The molecule has 1 fully saturated rings. The Kier molecular flexibility index (Phi) is 4.97. The average molecular weight is 335 g/mol. The molecule has 0 saturated heterocycles. The molecule has 0 amide bonds. The Morgan fingerprint density at radius 2 is 1.79 bits per heavy atom. The second kappa shape index (κ2) is 7.15. The van der Waals surface area contributed by atoms with Gasteiger partial charge in [0.1, 0.15) is 29.6 Å². The first-order valence-corrected chi connectivity index (χ1v) is 7.86. The third-order valence-electron chi connectivity index (χ3n) is 4.05. The molecule has 0 bridgehead atoms. The zero-order valence-electron chi connectivity index (χ0n) is 13.0. The van der Waals surface area contributed by atoms with Crippen LogP contribution in [-0.4, -0.2) is 23.4 Å². The number of nitrogens with two attached hydrogens (primary N) is 1. The highest BCUT2D eigenvalue weighted by molar-refractivity contribution is 5.43. The van der Waals surface area contributed by atoms with E-state index in [1.165, 1.54) is 30.3 Å². The van der Waals surface area contributed by atoms with E-state index >= 15 is 0 Å². The van der Waals surface area contributed by atoms with Crippen molar-refractivity contribution < 1.29 is 23.4 Å². The molecule has 3 atom stereocenters. The van der Waals surface area contributed by atoms with Crippen molar-refractivity contribution in [3.63, 3.8) is 0 Å². The zero-order valence-corrected chi connectivity index (χ0v) is 13.0. The molecule has 3 N–H and O–H groups in total. The molecule has 0 aliphatic heterocycles. The number of hydrogen-bond acceptors (Lipinski definition) is 4. The molecule has 0 aromatic heterocycles. The van der Waals surface area contributed by atoms with Gasteiger partial charge >= 0.3 is 0 Å². The minimum atomic E-state index is -0.800. The summed E-state index contributed by atoms with van der Waals surface area (Å²) >= 11 is 0. The van der Waals surface area contributed by atoms with Crippen LogP contribution in [0.4, 0.5) is 8.78 Å². The van der Waals surface area contributed by atoms with Gasteiger partial charge in [-0.1, -0.05) is 6.07 Å². The first-order chi connectivity index (χ1) is 11.5. The number of aliphatic hydroxyl groups is 1. The second-order valence-corrected chi connectivity index (χ2v) is 5.89. The van der Waals surface area contributed by atoms with Gasteiger partial charge in [-0.25, -0.2) is 8.78 Å². The first-order valence-electron chi connectivity index (χ1n) is 7.86. The Morgan fingerprint density at radius 1 is 1.00 bits per heavy atom. The minimum Gasteiger partial charge on any atom is -0.484 e. The summed E-state index contributed by atoms with van der Waals surface area (Å²) < 4.78 is 38.2. The molecular formula is C18H19F2NO3. The van der Waals surface area contributed by atoms with Crippen LogP contribution in [0.25, 0.3) is 0 Å². The van der Waals surface area contributed by atoms with Crippen LogP contribution in [0.3, 0.4) is 0 Å². The van der Waals surface area contributed by atoms with Crippen LogP contribution in [0.2, 0.25) is 0 Å². The van der Waals surface area contributed by atoms with Gasteiger partial charge in [0.05, 0.1) is 0 Å². The fourth-order valence-electron chi connectivity index (χ4n) is 2.78. The number of benzene rings is 2. The molecule has 0 heterocycles. The standard InChI is InChI=1S/C18H19F2NO3/c19-11-3-1-4-13(9-11)23-17-10-12(20)7-8-15(17)24-16-6-2-5-14(21)18(16)22/h1,3-4,7-10,14,16,18,22H,2,5-6,21H2/t14-,16-,18-/m1/s1. The topological polar surface area (TPSA) is 64.7 Å². The molecule has 1 aliphatic rings. The summed E-state index contributed by atoms with van der Waals surface area (Å²) in [6.45, 7) is 0. The summed E-state index contributed by atoms with van der Waals surface area (Å²) in [6.07, 6.45) is 0.923. The summed E-state index contributed by atoms with van der Waals surface area (Å²) in [5, 5.41) is 10.2. The number of rotatable bonds is 4. The van der Waals surface area contributed by atoms with E-state index in [0.717, 1.165) is 18.9 Å². The summed E-state index contributed by atoms with van der Waals surface area (Å²) in [6, 6.07) is 9.01. The van der Waals surface area contributed by atoms with Crippen molar-refractivity contribution in [3.05, 3.63) is 54.1 Å². The van der Waals surface area contributed by atoms with Crippen LogP contribution in [0.15, 0.2) is 42.5 Å². The molecule has 2 aromatic rings.